The monoisotopic (exact) mass is 303 g/mol. The summed E-state index contributed by atoms with van der Waals surface area (Å²) >= 11 is 3.33. The summed E-state index contributed by atoms with van der Waals surface area (Å²) in [5.41, 5.74) is 1.11. The standard InChI is InChI=1S/C14H10BrNO2/c1-9-5-11(8-18-9)14(17)13(7-16)10-3-2-4-12(15)6-10/h2-6,8,13H,1H3. The molecule has 0 aliphatic heterocycles. The Balaban J connectivity index is 2.35. The molecule has 0 N–H and O–H groups in total. The zero-order valence-corrected chi connectivity index (χ0v) is 11.3. The van der Waals surface area contributed by atoms with E-state index in [1.165, 1.54) is 6.26 Å². The highest BCUT2D eigenvalue weighted by molar-refractivity contribution is 9.10. The zero-order chi connectivity index (χ0) is 13.1. The average molecular weight is 304 g/mol. The lowest BCUT2D eigenvalue weighted by Crippen LogP contribution is -2.10. The number of furan rings is 1. The molecule has 0 saturated carbocycles. The molecule has 0 amide bonds. The molecule has 2 aromatic rings. The van der Waals surface area contributed by atoms with Crippen molar-refractivity contribution in [1.29, 1.82) is 5.26 Å². The quantitative estimate of drug-likeness (QED) is 0.810. The van der Waals surface area contributed by atoms with Crippen LogP contribution in [0.4, 0.5) is 0 Å². The van der Waals surface area contributed by atoms with E-state index in [0.29, 0.717) is 16.9 Å². The number of aryl methyl sites for hydroxylation is 1. The number of rotatable bonds is 3. The Kier molecular flexibility index (Phi) is 3.63. The normalized spacial score (nSPS) is 11.8. The minimum atomic E-state index is -0.806. The molecule has 18 heavy (non-hydrogen) atoms. The SMILES string of the molecule is Cc1cc(C(=O)C(C#N)c2cccc(Br)c2)co1. The Morgan fingerprint density at radius 1 is 1.44 bits per heavy atom. The van der Waals surface area contributed by atoms with Crippen LogP contribution < -0.4 is 0 Å². The molecule has 0 radical (unpaired) electrons. The molecule has 0 saturated heterocycles. The second kappa shape index (κ2) is 5.19. The van der Waals surface area contributed by atoms with E-state index >= 15 is 0 Å². The zero-order valence-electron chi connectivity index (χ0n) is 9.68. The Hall–Kier alpha value is -1.86. The first kappa shape index (κ1) is 12.6. The number of Topliss-reactive ketones (excluding diaryl/α,β-unsaturated/α-hetero) is 1. The number of benzene rings is 1. The van der Waals surface area contributed by atoms with Gasteiger partial charge in [-0.25, -0.2) is 0 Å². The topological polar surface area (TPSA) is 54.0 Å². The number of hydrogen-bond acceptors (Lipinski definition) is 3. The van der Waals surface area contributed by atoms with Gasteiger partial charge in [0.15, 0.2) is 5.78 Å². The summed E-state index contributed by atoms with van der Waals surface area (Å²) in [4.78, 5) is 12.2. The second-order valence-corrected chi connectivity index (χ2v) is 4.84. The third-order valence-electron chi connectivity index (χ3n) is 2.59. The minimum absolute atomic E-state index is 0.243. The highest BCUT2D eigenvalue weighted by Gasteiger charge is 2.23. The third-order valence-corrected chi connectivity index (χ3v) is 3.08. The largest absolute Gasteiger partial charge is 0.469 e. The van der Waals surface area contributed by atoms with Gasteiger partial charge in [0.1, 0.15) is 17.9 Å². The highest BCUT2D eigenvalue weighted by Crippen LogP contribution is 2.24. The lowest BCUT2D eigenvalue weighted by Gasteiger charge is -2.07. The number of halogens is 1. The van der Waals surface area contributed by atoms with Crippen molar-refractivity contribution in [2.45, 2.75) is 12.8 Å². The predicted octanol–water partition coefficient (Wildman–Crippen LogP) is 3.84. The van der Waals surface area contributed by atoms with Crippen LogP contribution in [0.15, 0.2) is 45.5 Å². The van der Waals surface area contributed by atoms with Gasteiger partial charge in [-0.05, 0) is 30.7 Å². The summed E-state index contributed by atoms with van der Waals surface area (Å²) in [5, 5.41) is 9.19. The Labute approximate surface area is 113 Å². The van der Waals surface area contributed by atoms with Gasteiger partial charge in [-0.15, -0.1) is 0 Å². The summed E-state index contributed by atoms with van der Waals surface area (Å²) < 4.78 is 5.94. The van der Waals surface area contributed by atoms with Crippen molar-refractivity contribution in [3.63, 3.8) is 0 Å². The van der Waals surface area contributed by atoms with Crippen LogP contribution in [0, 0.1) is 18.3 Å². The van der Waals surface area contributed by atoms with Gasteiger partial charge in [0.05, 0.1) is 11.6 Å². The van der Waals surface area contributed by atoms with Crippen LogP contribution in [0.1, 0.15) is 27.6 Å². The van der Waals surface area contributed by atoms with E-state index in [-0.39, 0.29) is 5.78 Å². The lowest BCUT2D eigenvalue weighted by atomic mass is 9.93. The molecule has 0 aliphatic carbocycles. The van der Waals surface area contributed by atoms with Gasteiger partial charge in [-0.3, -0.25) is 4.79 Å². The first-order valence-corrected chi connectivity index (χ1v) is 6.15. The molecule has 2 rings (SSSR count). The van der Waals surface area contributed by atoms with Crippen molar-refractivity contribution in [3.8, 4) is 6.07 Å². The van der Waals surface area contributed by atoms with Crippen LogP contribution in [0.5, 0.6) is 0 Å². The number of carbonyl (C=O) groups excluding carboxylic acids is 1. The molecule has 0 spiro atoms. The molecule has 0 bridgehead atoms. The summed E-state index contributed by atoms with van der Waals surface area (Å²) in [5.74, 6) is -0.392. The van der Waals surface area contributed by atoms with Crippen LogP contribution in [0.3, 0.4) is 0 Å². The van der Waals surface area contributed by atoms with E-state index in [1.807, 2.05) is 12.1 Å². The first-order valence-electron chi connectivity index (χ1n) is 5.36. The van der Waals surface area contributed by atoms with Crippen molar-refractivity contribution < 1.29 is 9.21 Å². The first-order chi connectivity index (χ1) is 8.61. The van der Waals surface area contributed by atoms with E-state index in [9.17, 15) is 10.1 Å². The van der Waals surface area contributed by atoms with Gasteiger partial charge >= 0.3 is 0 Å². The van der Waals surface area contributed by atoms with Crippen LogP contribution in [-0.4, -0.2) is 5.78 Å². The molecule has 1 aromatic heterocycles. The highest BCUT2D eigenvalue weighted by atomic mass is 79.9. The van der Waals surface area contributed by atoms with Crippen molar-refractivity contribution >= 4 is 21.7 Å². The van der Waals surface area contributed by atoms with Gasteiger partial charge in [0, 0.05) is 4.47 Å². The van der Waals surface area contributed by atoms with Crippen molar-refractivity contribution in [2.75, 3.05) is 0 Å². The van der Waals surface area contributed by atoms with Crippen LogP contribution in [0.25, 0.3) is 0 Å². The van der Waals surface area contributed by atoms with E-state index in [4.69, 9.17) is 4.42 Å². The summed E-state index contributed by atoms with van der Waals surface area (Å²) in [6, 6.07) is 10.9. The van der Waals surface area contributed by atoms with Crippen molar-refractivity contribution in [1.82, 2.24) is 0 Å². The molecule has 1 heterocycles. The van der Waals surface area contributed by atoms with Gasteiger partial charge in [0.25, 0.3) is 0 Å². The minimum Gasteiger partial charge on any atom is -0.469 e. The van der Waals surface area contributed by atoms with E-state index < -0.39 is 5.92 Å². The van der Waals surface area contributed by atoms with E-state index in [2.05, 4.69) is 15.9 Å². The maximum Gasteiger partial charge on any atom is 0.187 e. The molecule has 0 aliphatic rings. The molecule has 1 aromatic carbocycles. The van der Waals surface area contributed by atoms with E-state index in [0.717, 1.165) is 4.47 Å². The Bertz CT molecular complexity index is 625. The fourth-order valence-electron chi connectivity index (χ4n) is 1.71. The third kappa shape index (κ3) is 2.52. The van der Waals surface area contributed by atoms with Gasteiger partial charge < -0.3 is 4.42 Å². The Morgan fingerprint density at radius 2 is 2.22 bits per heavy atom. The molecule has 1 unspecified atom stereocenters. The number of nitriles is 1. The van der Waals surface area contributed by atoms with Crippen LogP contribution in [0.2, 0.25) is 0 Å². The second-order valence-electron chi connectivity index (χ2n) is 3.93. The fourth-order valence-corrected chi connectivity index (χ4v) is 2.13. The molecule has 0 fully saturated rings. The lowest BCUT2D eigenvalue weighted by molar-refractivity contribution is 0.0978. The number of nitrogens with zero attached hydrogens (tertiary/aromatic N) is 1. The Morgan fingerprint density at radius 3 is 2.78 bits per heavy atom. The van der Waals surface area contributed by atoms with E-state index in [1.54, 1.807) is 31.2 Å². The maximum atomic E-state index is 12.2. The van der Waals surface area contributed by atoms with Crippen molar-refractivity contribution in [2.24, 2.45) is 0 Å². The summed E-state index contributed by atoms with van der Waals surface area (Å²) in [6.45, 7) is 1.76. The fraction of sp³-hybridized carbons (Fsp3) is 0.143. The maximum absolute atomic E-state index is 12.2. The molecule has 1 atom stereocenters. The molecular formula is C14H10BrNO2. The van der Waals surface area contributed by atoms with Gasteiger partial charge in [-0.2, -0.15) is 5.26 Å². The molecule has 90 valence electrons. The summed E-state index contributed by atoms with van der Waals surface area (Å²) in [6.07, 6.45) is 1.39. The smallest absolute Gasteiger partial charge is 0.187 e. The predicted molar refractivity (Wildman–Crippen MR) is 70.3 cm³/mol. The summed E-state index contributed by atoms with van der Waals surface area (Å²) in [7, 11) is 0. The van der Waals surface area contributed by atoms with Gasteiger partial charge in [0.2, 0.25) is 0 Å². The molecule has 3 nitrogen and oxygen atoms in total. The van der Waals surface area contributed by atoms with Crippen molar-refractivity contribution in [3.05, 3.63) is 58.0 Å². The van der Waals surface area contributed by atoms with Gasteiger partial charge in [-0.1, -0.05) is 28.1 Å². The van der Waals surface area contributed by atoms with Crippen LogP contribution in [-0.2, 0) is 0 Å². The number of hydrogen-bond donors (Lipinski definition) is 0. The average Bonchev–Trinajstić information content (AvgIpc) is 2.77. The molecule has 4 heteroatoms. The number of ketones is 1. The van der Waals surface area contributed by atoms with Crippen LogP contribution >= 0.6 is 15.9 Å². The molecular weight excluding hydrogens is 294 g/mol. The number of carbonyl (C=O) groups is 1.